The average molecular weight is 323 g/mol. The second-order valence-electron chi connectivity index (χ2n) is 3.63. The largest absolute Gasteiger partial charge is 0.487 e. The molecule has 2 aromatic rings. The lowest BCUT2D eigenvalue weighted by atomic mass is 10.2. The Morgan fingerprint density at radius 2 is 2.00 bits per heavy atom. The minimum atomic E-state index is 0.343. The normalized spacial score (nSPS) is 9.83. The maximum Gasteiger partial charge on any atom is 0.137 e. The number of benzene rings is 2. The number of hydrogen-bond donors (Lipinski definition) is 0. The van der Waals surface area contributed by atoms with Crippen molar-refractivity contribution < 1.29 is 4.74 Å². The van der Waals surface area contributed by atoms with Gasteiger partial charge in [-0.1, -0.05) is 45.7 Å². The molecule has 0 aliphatic carbocycles. The van der Waals surface area contributed by atoms with E-state index in [1.165, 1.54) is 0 Å². The van der Waals surface area contributed by atoms with E-state index in [4.69, 9.17) is 21.6 Å². The van der Waals surface area contributed by atoms with E-state index in [-0.39, 0.29) is 0 Å². The highest BCUT2D eigenvalue weighted by atomic mass is 79.9. The molecule has 0 bridgehead atoms. The van der Waals surface area contributed by atoms with Gasteiger partial charge in [0.15, 0.2) is 0 Å². The second kappa shape index (κ2) is 5.90. The predicted octanol–water partition coefficient (Wildman–Crippen LogP) is 4.55. The first-order chi connectivity index (χ1) is 8.70. The number of ether oxygens (including phenoxy) is 1. The molecule has 90 valence electrons. The summed E-state index contributed by atoms with van der Waals surface area (Å²) in [5, 5.41) is 9.68. The van der Waals surface area contributed by atoms with Crippen LogP contribution in [0.2, 0.25) is 5.02 Å². The summed E-state index contributed by atoms with van der Waals surface area (Å²) >= 11 is 9.35. The molecular weight excluding hydrogens is 314 g/mol. The summed E-state index contributed by atoms with van der Waals surface area (Å²) in [7, 11) is 0. The first-order valence-corrected chi connectivity index (χ1v) is 6.43. The minimum Gasteiger partial charge on any atom is -0.487 e. The highest BCUT2D eigenvalue weighted by Crippen LogP contribution is 2.24. The molecular formula is C14H9BrClNO. The lowest BCUT2D eigenvalue weighted by Crippen LogP contribution is -1.97. The standard InChI is InChI=1S/C14H9BrClNO/c15-12-5-6-14(11(7-12)8-17)18-9-10-3-1-2-4-13(10)16/h1-7H,9H2. The van der Waals surface area contributed by atoms with Crippen molar-refractivity contribution in [2.75, 3.05) is 0 Å². The van der Waals surface area contributed by atoms with E-state index >= 15 is 0 Å². The lowest BCUT2D eigenvalue weighted by Gasteiger charge is -2.09. The Morgan fingerprint density at radius 3 is 2.72 bits per heavy atom. The number of hydrogen-bond acceptors (Lipinski definition) is 2. The third-order valence-corrected chi connectivity index (χ3v) is 3.27. The Kier molecular flexibility index (Phi) is 4.24. The molecule has 0 radical (unpaired) electrons. The Morgan fingerprint density at radius 1 is 1.22 bits per heavy atom. The topological polar surface area (TPSA) is 33.0 Å². The smallest absolute Gasteiger partial charge is 0.137 e. The van der Waals surface area contributed by atoms with E-state index in [2.05, 4.69) is 22.0 Å². The van der Waals surface area contributed by atoms with Crippen molar-refractivity contribution in [3.05, 3.63) is 63.1 Å². The molecule has 0 saturated carbocycles. The van der Waals surface area contributed by atoms with E-state index in [9.17, 15) is 0 Å². The van der Waals surface area contributed by atoms with Crippen LogP contribution in [-0.4, -0.2) is 0 Å². The molecule has 0 N–H and O–H groups in total. The van der Waals surface area contributed by atoms with E-state index in [0.29, 0.717) is 22.9 Å². The van der Waals surface area contributed by atoms with Crippen molar-refractivity contribution in [2.45, 2.75) is 6.61 Å². The second-order valence-corrected chi connectivity index (χ2v) is 4.96. The zero-order valence-electron chi connectivity index (χ0n) is 9.36. The minimum absolute atomic E-state index is 0.343. The van der Waals surface area contributed by atoms with E-state index in [1.807, 2.05) is 30.3 Å². The van der Waals surface area contributed by atoms with Gasteiger partial charge in [0.25, 0.3) is 0 Å². The van der Waals surface area contributed by atoms with Gasteiger partial charge in [0, 0.05) is 15.1 Å². The molecule has 0 atom stereocenters. The van der Waals surface area contributed by atoms with Crippen LogP contribution in [0.5, 0.6) is 5.75 Å². The zero-order chi connectivity index (χ0) is 13.0. The lowest BCUT2D eigenvalue weighted by molar-refractivity contribution is 0.305. The van der Waals surface area contributed by atoms with Crippen molar-refractivity contribution >= 4 is 27.5 Å². The first-order valence-electron chi connectivity index (χ1n) is 5.26. The predicted molar refractivity (Wildman–Crippen MR) is 74.6 cm³/mol. The van der Waals surface area contributed by atoms with Crippen LogP contribution in [0.15, 0.2) is 46.9 Å². The van der Waals surface area contributed by atoms with Gasteiger partial charge in [-0.2, -0.15) is 5.26 Å². The monoisotopic (exact) mass is 321 g/mol. The van der Waals surface area contributed by atoms with Crippen molar-refractivity contribution in [3.63, 3.8) is 0 Å². The molecule has 0 aliphatic heterocycles. The summed E-state index contributed by atoms with van der Waals surface area (Å²) < 4.78 is 6.47. The van der Waals surface area contributed by atoms with Crippen LogP contribution in [0.25, 0.3) is 0 Å². The van der Waals surface area contributed by atoms with Gasteiger partial charge >= 0.3 is 0 Å². The van der Waals surface area contributed by atoms with Gasteiger partial charge in [-0.25, -0.2) is 0 Å². The molecule has 0 spiro atoms. The van der Waals surface area contributed by atoms with E-state index < -0.39 is 0 Å². The maximum atomic E-state index is 9.02. The average Bonchev–Trinajstić information content (AvgIpc) is 2.39. The van der Waals surface area contributed by atoms with Crippen LogP contribution in [0.4, 0.5) is 0 Å². The molecule has 0 aliphatic rings. The molecule has 0 saturated heterocycles. The van der Waals surface area contributed by atoms with Gasteiger partial charge in [-0.05, 0) is 24.3 Å². The van der Waals surface area contributed by atoms with Crippen molar-refractivity contribution in [1.82, 2.24) is 0 Å². The summed E-state index contributed by atoms with van der Waals surface area (Å²) in [5.41, 5.74) is 1.39. The Balaban J connectivity index is 2.16. The van der Waals surface area contributed by atoms with Gasteiger partial charge in [-0.3, -0.25) is 0 Å². The zero-order valence-corrected chi connectivity index (χ0v) is 11.7. The molecule has 0 aromatic heterocycles. The van der Waals surface area contributed by atoms with E-state index in [0.717, 1.165) is 10.0 Å². The quantitative estimate of drug-likeness (QED) is 0.830. The highest BCUT2D eigenvalue weighted by Gasteiger charge is 2.05. The van der Waals surface area contributed by atoms with E-state index in [1.54, 1.807) is 12.1 Å². The molecule has 0 fully saturated rings. The number of halogens is 2. The fourth-order valence-electron chi connectivity index (χ4n) is 1.49. The fraction of sp³-hybridized carbons (Fsp3) is 0.0714. The molecule has 0 heterocycles. The molecule has 2 nitrogen and oxygen atoms in total. The van der Waals surface area contributed by atoms with Crippen LogP contribution in [0.1, 0.15) is 11.1 Å². The number of nitrogens with zero attached hydrogens (tertiary/aromatic N) is 1. The van der Waals surface area contributed by atoms with Crippen LogP contribution >= 0.6 is 27.5 Å². The third kappa shape index (κ3) is 3.04. The number of rotatable bonds is 3. The van der Waals surface area contributed by atoms with Gasteiger partial charge in [0.05, 0.1) is 5.56 Å². The van der Waals surface area contributed by atoms with Crippen molar-refractivity contribution in [2.24, 2.45) is 0 Å². The van der Waals surface area contributed by atoms with Crippen molar-refractivity contribution in [1.29, 1.82) is 5.26 Å². The Hall–Kier alpha value is -1.50. The molecule has 0 unspecified atom stereocenters. The number of nitriles is 1. The molecule has 2 rings (SSSR count). The van der Waals surface area contributed by atoms with Crippen LogP contribution in [-0.2, 0) is 6.61 Å². The first kappa shape index (κ1) is 12.9. The summed E-state index contributed by atoms with van der Waals surface area (Å²) in [6, 6.07) is 14.9. The molecule has 4 heteroatoms. The highest BCUT2D eigenvalue weighted by molar-refractivity contribution is 9.10. The van der Waals surface area contributed by atoms with Gasteiger partial charge in [0.1, 0.15) is 18.4 Å². The molecule has 18 heavy (non-hydrogen) atoms. The van der Waals surface area contributed by atoms with Gasteiger partial charge in [0.2, 0.25) is 0 Å². The fourth-order valence-corrected chi connectivity index (χ4v) is 2.04. The SMILES string of the molecule is N#Cc1cc(Br)ccc1OCc1ccccc1Cl. The van der Waals surface area contributed by atoms with Gasteiger partial charge in [-0.15, -0.1) is 0 Å². The van der Waals surface area contributed by atoms with Crippen LogP contribution in [0, 0.1) is 11.3 Å². The maximum absolute atomic E-state index is 9.02. The van der Waals surface area contributed by atoms with Crippen LogP contribution in [0.3, 0.4) is 0 Å². The van der Waals surface area contributed by atoms with Crippen molar-refractivity contribution in [3.8, 4) is 11.8 Å². The summed E-state index contributed by atoms with van der Waals surface area (Å²) in [6.07, 6.45) is 0. The Bertz CT molecular complexity index is 607. The summed E-state index contributed by atoms with van der Waals surface area (Å²) in [6.45, 7) is 0.343. The summed E-state index contributed by atoms with van der Waals surface area (Å²) in [4.78, 5) is 0. The Labute approximate surface area is 119 Å². The summed E-state index contributed by atoms with van der Waals surface area (Å²) in [5.74, 6) is 0.556. The van der Waals surface area contributed by atoms with Crippen LogP contribution < -0.4 is 4.74 Å². The third-order valence-electron chi connectivity index (χ3n) is 2.40. The van der Waals surface area contributed by atoms with Gasteiger partial charge < -0.3 is 4.74 Å². The molecule has 0 amide bonds. The molecule has 2 aromatic carbocycles.